The summed E-state index contributed by atoms with van der Waals surface area (Å²) in [6.45, 7) is 10.5. The molecule has 0 fully saturated rings. The van der Waals surface area contributed by atoms with Crippen molar-refractivity contribution in [2.45, 2.75) is 47.1 Å². The van der Waals surface area contributed by atoms with E-state index in [9.17, 15) is 4.79 Å². The Morgan fingerprint density at radius 1 is 1.25 bits per heavy atom. The number of ether oxygens (including phenoxy) is 1. The fourth-order valence-electron chi connectivity index (χ4n) is 2.40. The first kappa shape index (κ1) is 18.0. The molecule has 1 aromatic heterocycles. The van der Waals surface area contributed by atoms with Crippen LogP contribution in [0.15, 0.2) is 22.7 Å². The molecule has 0 unspecified atom stereocenters. The molecule has 2 aromatic rings. The highest BCUT2D eigenvalue weighted by Gasteiger charge is 2.15. The summed E-state index contributed by atoms with van der Waals surface area (Å²) < 4.78 is 11.0. The second-order valence-corrected chi connectivity index (χ2v) is 6.57. The third kappa shape index (κ3) is 4.16. The summed E-state index contributed by atoms with van der Waals surface area (Å²) in [4.78, 5) is 13.9. The number of hydrogen-bond acceptors (Lipinski definition) is 4. The molecule has 0 N–H and O–H groups in total. The van der Waals surface area contributed by atoms with Gasteiger partial charge in [0.1, 0.15) is 17.2 Å². The van der Waals surface area contributed by atoms with Crippen molar-refractivity contribution in [3.63, 3.8) is 0 Å². The minimum atomic E-state index is -0.0931. The molecule has 130 valence electrons. The van der Waals surface area contributed by atoms with Gasteiger partial charge in [0.25, 0.3) is 5.91 Å². The average molecular weight is 330 g/mol. The molecular formula is C19H26N2O3. The van der Waals surface area contributed by atoms with E-state index in [1.54, 1.807) is 11.9 Å². The first-order valence-electron chi connectivity index (χ1n) is 8.18. The van der Waals surface area contributed by atoms with Crippen LogP contribution in [0.3, 0.4) is 0 Å². The van der Waals surface area contributed by atoms with Crippen LogP contribution in [0.5, 0.6) is 5.75 Å². The van der Waals surface area contributed by atoms with Gasteiger partial charge in [-0.3, -0.25) is 4.79 Å². The summed E-state index contributed by atoms with van der Waals surface area (Å²) in [5.74, 6) is 1.81. The Balaban J connectivity index is 1.96. The van der Waals surface area contributed by atoms with E-state index in [1.807, 2.05) is 46.8 Å². The first-order chi connectivity index (χ1) is 11.3. The predicted octanol–water partition coefficient (Wildman–Crippen LogP) is 3.76. The van der Waals surface area contributed by atoms with Gasteiger partial charge in [-0.15, -0.1) is 0 Å². The van der Waals surface area contributed by atoms with E-state index in [-0.39, 0.29) is 18.4 Å². The number of aryl methyl sites for hydroxylation is 2. The summed E-state index contributed by atoms with van der Waals surface area (Å²) >= 11 is 0. The van der Waals surface area contributed by atoms with E-state index < -0.39 is 0 Å². The van der Waals surface area contributed by atoms with Crippen LogP contribution < -0.4 is 4.74 Å². The molecule has 0 bridgehead atoms. The van der Waals surface area contributed by atoms with Gasteiger partial charge in [-0.25, -0.2) is 0 Å². The van der Waals surface area contributed by atoms with E-state index in [1.165, 1.54) is 0 Å². The highest BCUT2D eigenvalue weighted by atomic mass is 16.5. The zero-order valence-electron chi connectivity index (χ0n) is 15.3. The summed E-state index contributed by atoms with van der Waals surface area (Å²) in [7, 11) is 1.74. The van der Waals surface area contributed by atoms with Crippen molar-refractivity contribution in [1.82, 2.24) is 10.1 Å². The standard InChI is InChI=1S/C19H26N2O3/c1-12(2)17-9-16(20-24-17)10-21(6)18(22)11-23-19-14(4)8-7-13(3)15(19)5/h7-9,12H,10-11H2,1-6H3. The van der Waals surface area contributed by atoms with Crippen LogP contribution in [0, 0.1) is 20.8 Å². The van der Waals surface area contributed by atoms with Gasteiger partial charge >= 0.3 is 0 Å². The molecule has 0 spiro atoms. The Labute approximate surface area is 143 Å². The predicted molar refractivity (Wildman–Crippen MR) is 93.2 cm³/mol. The van der Waals surface area contributed by atoms with E-state index >= 15 is 0 Å². The maximum absolute atomic E-state index is 12.3. The fraction of sp³-hybridized carbons (Fsp3) is 0.474. The summed E-state index contributed by atoms with van der Waals surface area (Å²) in [5, 5.41) is 4.01. The second-order valence-electron chi connectivity index (χ2n) is 6.57. The van der Waals surface area contributed by atoms with Crippen LogP contribution in [0.2, 0.25) is 0 Å². The summed E-state index contributed by atoms with van der Waals surface area (Å²) in [5.41, 5.74) is 4.01. The molecule has 0 saturated heterocycles. The van der Waals surface area contributed by atoms with Gasteiger partial charge < -0.3 is 14.2 Å². The number of benzene rings is 1. The molecule has 1 aromatic carbocycles. The summed E-state index contributed by atoms with van der Waals surface area (Å²) in [6, 6.07) is 5.96. The van der Waals surface area contributed by atoms with E-state index in [0.717, 1.165) is 33.9 Å². The molecule has 0 aliphatic rings. The normalized spacial score (nSPS) is 11.0. The maximum atomic E-state index is 12.3. The van der Waals surface area contributed by atoms with Crippen molar-refractivity contribution in [3.05, 3.63) is 46.3 Å². The zero-order chi connectivity index (χ0) is 17.9. The largest absolute Gasteiger partial charge is 0.483 e. The van der Waals surface area contributed by atoms with Crippen LogP contribution in [-0.4, -0.2) is 29.6 Å². The SMILES string of the molecule is Cc1ccc(C)c(OCC(=O)N(C)Cc2cc(C(C)C)on2)c1C. The number of carbonyl (C=O) groups excluding carboxylic acids is 1. The molecular weight excluding hydrogens is 304 g/mol. The number of likely N-dealkylation sites (N-methyl/N-ethyl adjacent to an activating group) is 1. The molecule has 1 heterocycles. The third-order valence-corrected chi connectivity index (χ3v) is 4.18. The average Bonchev–Trinajstić information content (AvgIpc) is 2.99. The van der Waals surface area contributed by atoms with Gasteiger partial charge in [0, 0.05) is 19.0 Å². The first-order valence-corrected chi connectivity index (χ1v) is 8.18. The van der Waals surface area contributed by atoms with Crippen molar-refractivity contribution >= 4 is 5.91 Å². The lowest BCUT2D eigenvalue weighted by Crippen LogP contribution is -2.31. The number of carbonyl (C=O) groups is 1. The van der Waals surface area contributed by atoms with Crippen molar-refractivity contribution < 1.29 is 14.1 Å². The fourth-order valence-corrected chi connectivity index (χ4v) is 2.40. The van der Waals surface area contributed by atoms with Crippen molar-refractivity contribution in [2.24, 2.45) is 0 Å². The molecule has 5 nitrogen and oxygen atoms in total. The lowest BCUT2D eigenvalue weighted by Gasteiger charge is -2.18. The quantitative estimate of drug-likeness (QED) is 0.809. The van der Waals surface area contributed by atoms with E-state index in [0.29, 0.717) is 6.54 Å². The minimum Gasteiger partial charge on any atom is -0.483 e. The Hall–Kier alpha value is -2.30. The number of rotatable bonds is 6. The Morgan fingerprint density at radius 3 is 2.54 bits per heavy atom. The molecule has 1 amide bonds. The van der Waals surface area contributed by atoms with Crippen molar-refractivity contribution in [1.29, 1.82) is 0 Å². The molecule has 24 heavy (non-hydrogen) atoms. The van der Waals surface area contributed by atoms with E-state index in [4.69, 9.17) is 9.26 Å². The molecule has 2 rings (SSSR count). The summed E-state index contributed by atoms with van der Waals surface area (Å²) in [6.07, 6.45) is 0. The maximum Gasteiger partial charge on any atom is 0.260 e. The van der Waals surface area contributed by atoms with Gasteiger partial charge in [0.15, 0.2) is 6.61 Å². The van der Waals surface area contributed by atoms with Gasteiger partial charge in [-0.05, 0) is 37.5 Å². The number of aromatic nitrogens is 1. The monoisotopic (exact) mass is 330 g/mol. The highest BCUT2D eigenvalue weighted by Crippen LogP contribution is 2.25. The highest BCUT2D eigenvalue weighted by molar-refractivity contribution is 5.77. The van der Waals surface area contributed by atoms with Gasteiger partial charge in [0.2, 0.25) is 0 Å². The Kier molecular flexibility index (Phi) is 5.65. The molecule has 5 heteroatoms. The minimum absolute atomic E-state index is 0.0104. The zero-order valence-corrected chi connectivity index (χ0v) is 15.3. The van der Waals surface area contributed by atoms with Crippen LogP contribution in [0.25, 0.3) is 0 Å². The lowest BCUT2D eigenvalue weighted by atomic mass is 10.1. The van der Waals surface area contributed by atoms with Gasteiger partial charge in [-0.2, -0.15) is 0 Å². The molecule has 0 aliphatic carbocycles. The van der Waals surface area contributed by atoms with Gasteiger partial charge in [-0.1, -0.05) is 31.1 Å². The van der Waals surface area contributed by atoms with Crippen LogP contribution in [0.4, 0.5) is 0 Å². The number of hydrogen-bond donors (Lipinski definition) is 0. The molecule has 0 saturated carbocycles. The van der Waals surface area contributed by atoms with Crippen LogP contribution >= 0.6 is 0 Å². The lowest BCUT2D eigenvalue weighted by molar-refractivity contribution is -0.132. The second kappa shape index (κ2) is 7.51. The molecule has 0 atom stereocenters. The number of amides is 1. The van der Waals surface area contributed by atoms with Crippen LogP contribution in [0.1, 0.15) is 47.9 Å². The van der Waals surface area contributed by atoms with E-state index in [2.05, 4.69) is 11.2 Å². The topological polar surface area (TPSA) is 55.6 Å². The smallest absolute Gasteiger partial charge is 0.260 e. The van der Waals surface area contributed by atoms with Gasteiger partial charge in [0.05, 0.1) is 6.54 Å². The van der Waals surface area contributed by atoms with Crippen LogP contribution in [-0.2, 0) is 11.3 Å². The third-order valence-electron chi connectivity index (χ3n) is 4.18. The Morgan fingerprint density at radius 2 is 1.92 bits per heavy atom. The molecule has 0 radical (unpaired) electrons. The van der Waals surface area contributed by atoms with Crippen molar-refractivity contribution in [3.8, 4) is 5.75 Å². The molecule has 0 aliphatic heterocycles. The Bertz CT molecular complexity index is 719. The van der Waals surface area contributed by atoms with Crippen molar-refractivity contribution in [2.75, 3.05) is 13.7 Å². The number of nitrogens with zero attached hydrogens (tertiary/aromatic N) is 2.